The number of hydrogen-bond donors (Lipinski definition) is 1. The first-order valence-electron chi connectivity index (χ1n) is 6.82. The third-order valence-corrected chi connectivity index (χ3v) is 3.38. The number of carbonyl (C=O) groups excluding carboxylic acids is 1. The molecular weight excluding hydrogens is 226 g/mol. The smallest absolute Gasteiger partial charge is 0.242 e. The summed E-state index contributed by atoms with van der Waals surface area (Å²) in [7, 11) is 0. The molecule has 1 aliphatic rings. The molecule has 0 unspecified atom stereocenters. The maximum atomic E-state index is 12.1. The van der Waals surface area contributed by atoms with Crippen LogP contribution in [0.3, 0.4) is 0 Å². The molecule has 1 amide bonds. The van der Waals surface area contributed by atoms with Crippen molar-refractivity contribution < 1.29 is 4.79 Å². The topological polar surface area (TPSA) is 37.3 Å². The summed E-state index contributed by atoms with van der Waals surface area (Å²) in [4.78, 5) is 14.1. The van der Waals surface area contributed by atoms with Crippen molar-refractivity contribution in [3.63, 3.8) is 0 Å². The van der Waals surface area contributed by atoms with E-state index in [9.17, 15) is 4.79 Å². The number of hydrogen-bond acceptors (Lipinski definition) is 2. The van der Waals surface area contributed by atoms with E-state index in [0.717, 1.165) is 32.5 Å². The molecule has 2 rings (SSSR count). The van der Waals surface area contributed by atoms with Gasteiger partial charge in [-0.3, -0.25) is 4.79 Å². The Morgan fingerprint density at radius 3 is 2.78 bits per heavy atom. The number of likely N-dealkylation sites (tertiary alicyclic amines) is 1. The lowest BCUT2D eigenvalue weighted by molar-refractivity contribution is -0.130. The highest BCUT2D eigenvalue weighted by atomic mass is 16.2. The van der Waals surface area contributed by atoms with Crippen LogP contribution in [0.2, 0.25) is 0 Å². The Labute approximate surface area is 109 Å². The first-order chi connectivity index (χ1) is 8.66. The van der Waals surface area contributed by atoms with Gasteiger partial charge in [-0.05, 0) is 25.0 Å². The molecule has 0 bridgehead atoms. The molecule has 18 heavy (non-hydrogen) atoms. The molecule has 4 nitrogen and oxygen atoms in total. The molecule has 1 saturated heterocycles. The third kappa shape index (κ3) is 3.35. The van der Waals surface area contributed by atoms with Crippen LogP contribution in [0.25, 0.3) is 0 Å². The predicted octanol–water partition coefficient (Wildman–Crippen LogP) is 1.61. The second-order valence-electron chi connectivity index (χ2n) is 5.25. The summed E-state index contributed by atoms with van der Waals surface area (Å²) in [5.41, 5.74) is 1.18. The van der Waals surface area contributed by atoms with Gasteiger partial charge in [0.05, 0.1) is 0 Å². The first kappa shape index (κ1) is 13.1. The minimum atomic E-state index is 0.245. The molecule has 1 aliphatic heterocycles. The van der Waals surface area contributed by atoms with E-state index in [4.69, 9.17) is 0 Å². The molecule has 0 atom stereocenters. The monoisotopic (exact) mass is 249 g/mol. The number of carbonyl (C=O) groups is 1. The number of amides is 1. The molecule has 100 valence electrons. The van der Waals surface area contributed by atoms with E-state index in [-0.39, 0.29) is 5.91 Å². The summed E-state index contributed by atoms with van der Waals surface area (Å²) in [6.07, 6.45) is 4.30. The molecule has 0 aliphatic carbocycles. The van der Waals surface area contributed by atoms with Crippen molar-refractivity contribution in [3.8, 4) is 0 Å². The van der Waals surface area contributed by atoms with Gasteiger partial charge < -0.3 is 14.8 Å². The molecular formula is C14H23N3O. The van der Waals surface area contributed by atoms with E-state index < -0.39 is 0 Å². The summed E-state index contributed by atoms with van der Waals surface area (Å²) in [5.74, 6) is 0.245. The van der Waals surface area contributed by atoms with Crippen LogP contribution in [0.5, 0.6) is 0 Å². The van der Waals surface area contributed by atoms with Crippen molar-refractivity contribution >= 4 is 5.91 Å². The number of nitrogens with zero attached hydrogens (tertiary/aromatic N) is 2. The fraction of sp³-hybridized carbons (Fsp3) is 0.643. The molecule has 2 heterocycles. The Morgan fingerprint density at radius 2 is 2.11 bits per heavy atom. The molecule has 1 aromatic heterocycles. The Balaban J connectivity index is 1.92. The zero-order chi connectivity index (χ0) is 13.0. The van der Waals surface area contributed by atoms with Crippen LogP contribution >= 0.6 is 0 Å². The lowest BCUT2D eigenvalue weighted by atomic mass is 10.3. The van der Waals surface area contributed by atoms with Gasteiger partial charge in [-0.2, -0.15) is 0 Å². The number of rotatable bonds is 5. The van der Waals surface area contributed by atoms with Crippen LogP contribution in [0.15, 0.2) is 18.3 Å². The zero-order valence-electron chi connectivity index (χ0n) is 11.4. The molecule has 1 N–H and O–H groups in total. The average Bonchev–Trinajstić information content (AvgIpc) is 2.97. The van der Waals surface area contributed by atoms with E-state index >= 15 is 0 Å². The van der Waals surface area contributed by atoms with Crippen LogP contribution in [0.1, 0.15) is 32.4 Å². The van der Waals surface area contributed by atoms with Crippen LogP contribution in [0, 0.1) is 0 Å². The lowest BCUT2D eigenvalue weighted by Crippen LogP contribution is -2.32. The number of aromatic nitrogens is 1. The highest BCUT2D eigenvalue weighted by Gasteiger charge is 2.18. The third-order valence-electron chi connectivity index (χ3n) is 3.38. The summed E-state index contributed by atoms with van der Waals surface area (Å²) >= 11 is 0. The maximum absolute atomic E-state index is 12.1. The lowest BCUT2D eigenvalue weighted by Gasteiger charge is -2.17. The molecule has 4 heteroatoms. The zero-order valence-corrected chi connectivity index (χ0v) is 11.4. The minimum absolute atomic E-state index is 0.245. The average molecular weight is 249 g/mol. The van der Waals surface area contributed by atoms with Gasteiger partial charge >= 0.3 is 0 Å². The summed E-state index contributed by atoms with van der Waals surface area (Å²) in [5, 5.41) is 3.39. The quantitative estimate of drug-likeness (QED) is 0.861. The van der Waals surface area contributed by atoms with E-state index in [2.05, 4.69) is 29.8 Å². The van der Waals surface area contributed by atoms with Crippen LogP contribution < -0.4 is 5.32 Å². The Kier molecular flexibility index (Phi) is 4.42. The van der Waals surface area contributed by atoms with Gasteiger partial charge in [-0.1, -0.05) is 13.8 Å². The second kappa shape index (κ2) is 6.05. The molecule has 1 fully saturated rings. The van der Waals surface area contributed by atoms with Crippen molar-refractivity contribution in [1.82, 2.24) is 14.8 Å². The standard InChI is InChI=1S/C14H23N3O/c1-12(2)15-10-13-6-5-9-17(13)11-14(18)16-7-3-4-8-16/h5-6,9,12,15H,3-4,7-8,10-11H2,1-2H3. The van der Waals surface area contributed by atoms with E-state index in [0.29, 0.717) is 12.6 Å². The highest BCUT2D eigenvalue weighted by molar-refractivity contribution is 5.76. The largest absolute Gasteiger partial charge is 0.341 e. The van der Waals surface area contributed by atoms with Gasteiger partial charge in [-0.25, -0.2) is 0 Å². The fourth-order valence-electron chi connectivity index (χ4n) is 2.29. The van der Waals surface area contributed by atoms with Crippen molar-refractivity contribution in [2.24, 2.45) is 0 Å². The normalized spacial score (nSPS) is 15.6. The van der Waals surface area contributed by atoms with Crippen LogP contribution in [0.4, 0.5) is 0 Å². The molecule has 0 spiro atoms. The van der Waals surface area contributed by atoms with E-state index in [1.54, 1.807) is 0 Å². The Morgan fingerprint density at radius 1 is 1.39 bits per heavy atom. The summed E-state index contributed by atoms with van der Waals surface area (Å²) in [6.45, 7) is 7.41. The van der Waals surface area contributed by atoms with Crippen molar-refractivity contribution in [2.45, 2.75) is 45.8 Å². The molecule has 0 radical (unpaired) electrons. The van der Waals surface area contributed by atoms with Gasteiger partial charge in [0.1, 0.15) is 6.54 Å². The maximum Gasteiger partial charge on any atom is 0.242 e. The van der Waals surface area contributed by atoms with Gasteiger partial charge in [-0.15, -0.1) is 0 Å². The molecule has 0 saturated carbocycles. The van der Waals surface area contributed by atoms with Crippen LogP contribution in [-0.2, 0) is 17.9 Å². The first-order valence-corrected chi connectivity index (χ1v) is 6.82. The highest BCUT2D eigenvalue weighted by Crippen LogP contribution is 2.10. The van der Waals surface area contributed by atoms with Gasteiger partial charge in [0.25, 0.3) is 0 Å². The van der Waals surface area contributed by atoms with Gasteiger partial charge in [0.15, 0.2) is 0 Å². The predicted molar refractivity (Wildman–Crippen MR) is 72.2 cm³/mol. The van der Waals surface area contributed by atoms with Crippen molar-refractivity contribution in [3.05, 3.63) is 24.0 Å². The van der Waals surface area contributed by atoms with Crippen molar-refractivity contribution in [2.75, 3.05) is 13.1 Å². The Bertz CT molecular complexity index is 391. The molecule has 1 aromatic rings. The van der Waals surface area contributed by atoms with E-state index in [1.165, 1.54) is 5.69 Å². The van der Waals surface area contributed by atoms with Gasteiger partial charge in [0.2, 0.25) is 5.91 Å². The van der Waals surface area contributed by atoms with Gasteiger partial charge in [0, 0.05) is 37.6 Å². The fourth-order valence-corrected chi connectivity index (χ4v) is 2.29. The second-order valence-corrected chi connectivity index (χ2v) is 5.25. The summed E-state index contributed by atoms with van der Waals surface area (Å²) < 4.78 is 2.05. The van der Waals surface area contributed by atoms with Crippen molar-refractivity contribution in [1.29, 1.82) is 0 Å². The van der Waals surface area contributed by atoms with Crippen LogP contribution in [-0.4, -0.2) is 34.5 Å². The minimum Gasteiger partial charge on any atom is -0.341 e. The Hall–Kier alpha value is -1.29. The number of nitrogens with one attached hydrogen (secondary N) is 1. The van der Waals surface area contributed by atoms with E-state index in [1.807, 2.05) is 17.2 Å². The molecule has 0 aromatic carbocycles. The SMILES string of the molecule is CC(C)NCc1cccn1CC(=O)N1CCCC1. The summed E-state index contributed by atoms with van der Waals surface area (Å²) in [6, 6.07) is 4.55.